The molecule has 0 aliphatic heterocycles. The summed E-state index contributed by atoms with van der Waals surface area (Å²) in [5.41, 5.74) is 11.5. The van der Waals surface area contributed by atoms with E-state index in [2.05, 4.69) is 20.4 Å². The van der Waals surface area contributed by atoms with Crippen LogP contribution in [0.15, 0.2) is 52.9 Å². The average Bonchev–Trinajstić information content (AvgIpc) is 3.35. The molecule has 9 nitrogen and oxygen atoms in total. The maximum Gasteiger partial charge on any atom is 0.274 e. The van der Waals surface area contributed by atoms with Gasteiger partial charge in [0.2, 0.25) is 11.7 Å². The number of carbonyl (C=O) groups is 1. The molecule has 32 heavy (non-hydrogen) atoms. The number of nitrogens with one attached hydrogen (secondary N) is 2. The molecular weight excluding hydrogens is 406 g/mol. The van der Waals surface area contributed by atoms with Crippen LogP contribution in [0.2, 0.25) is 0 Å². The molecule has 4 N–H and O–H groups in total. The number of aromatic nitrogens is 4. The normalized spacial score (nSPS) is 12.0. The maximum atomic E-state index is 13.1. The minimum Gasteiger partial charge on any atom is -0.402 e. The third-order valence-electron chi connectivity index (χ3n) is 5.07. The van der Waals surface area contributed by atoms with Crippen LogP contribution in [0.3, 0.4) is 0 Å². The molecule has 3 heterocycles. The first-order valence-electron chi connectivity index (χ1n) is 9.96. The second kappa shape index (κ2) is 8.10. The molecule has 4 aromatic rings. The lowest BCUT2D eigenvalue weighted by Gasteiger charge is -2.11. The number of hydrogen-bond acceptors (Lipinski definition) is 7. The van der Waals surface area contributed by atoms with E-state index in [-0.39, 0.29) is 5.91 Å². The molecule has 9 heteroatoms. The molecule has 0 atom stereocenters. The van der Waals surface area contributed by atoms with Crippen molar-refractivity contribution in [3.05, 3.63) is 71.1 Å². The Morgan fingerprint density at radius 3 is 2.62 bits per heavy atom. The number of anilines is 1. The summed E-state index contributed by atoms with van der Waals surface area (Å²) in [5, 5.41) is 14.9. The van der Waals surface area contributed by atoms with E-state index in [9.17, 15) is 4.79 Å². The van der Waals surface area contributed by atoms with Crippen molar-refractivity contribution in [1.29, 1.82) is 5.41 Å². The van der Waals surface area contributed by atoms with Crippen molar-refractivity contribution in [3.8, 4) is 11.4 Å². The van der Waals surface area contributed by atoms with Gasteiger partial charge in [-0.3, -0.25) is 9.20 Å². The second-order valence-corrected chi connectivity index (χ2v) is 7.59. The van der Waals surface area contributed by atoms with E-state index in [0.29, 0.717) is 45.7 Å². The van der Waals surface area contributed by atoms with E-state index in [1.807, 2.05) is 31.2 Å². The number of rotatable bonds is 5. The molecule has 0 aliphatic carbocycles. The average molecular weight is 429 g/mol. The van der Waals surface area contributed by atoms with Crippen molar-refractivity contribution < 1.29 is 9.32 Å². The van der Waals surface area contributed by atoms with E-state index in [4.69, 9.17) is 15.7 Å². The van der Waals surface area contributed by atoms with Gasteiger partial charge in [-0.2, -0.15) is 4.98 Å². The Morgan fingerprint density at radius 2 is 1.97 bits per heavy atom. The number of hydrogen-bond donors (Lipinski definition) is 3. The Balaban J connectivity index is 1.70. The van der Waals surface area contributed by atoms with Crippen LogP contribution in [0.1, 0.15) is 41.4 Å². The molecule has 0 unspecified atom stereocenters. The fourth-order valence-corrected chi connectivity index (χ4v) is 3.53. The first kappa shape index (κ1) is 21.0. The molecule has 162 valence electrons. The molecular formula is C23H23N7O2. The monoisotopic (exact) mass is 429 g/mol. The van der Waals surface area contributed by atoms with Gasteiger partial charge in [0.1, 0.15) is 11.3 Å². The number of pyridine rings is 1. The molecule has 4 rings (SSSR count). The Hall–Kier alpha value is -4.27. The first-order valence-corrected chi connectivity index (χ1v) is 9.96. The van der Waals surface area contributed by atoms with Gasteiger partial charge in [-0.1, -0.05) is 17.3 Å². The zero-order valence-corrected chi connectivity index (χ0v) is 18.2. The summed E-state index contributed by atoms with van der Waals surface area (Å²) in [6.07, 6.45) is 3.29. The highest BCUT2D eigenvalue weighted by molar-refractivity contribution is 6.21. The lowest BCUT2D eigenvalue weighted by atomic mass is 10.0. The van der Waals surface area contributed by atoms with E-state index in [0.717, 1.165) is 16.7 Å². The largest absolute Gasteiger partial charge is 0.402 e. The minimum absolute atomic E-state index is 0.319. The van der Waals surface area contributed by atoms with Gasteiger partial charge in [0.05, 0.1) is 6.20 Å². The molecule has 0 saturated heterocycles. The number of benzene rings is 1. The van der Waals surface area contributed by atoms with Crippen LogP contribution < -0.4 is 11.1 Å². The number of allylic oxidation sites excluding steroid dienone is 2. The van der Waals surface area contributed by atoms with E-state index < -0.39 is 0 Å². The van der Waals surface area contributed by atoms with Gasteiger partial charge in [0.25, 0.3) is 5.91 Å². The highest BCUT2D eigenvalue weighted by Crippen LogP contribution is 2.25. The van der Waals surface area contributed by atoms with Crippen molar-refractivity contribution in [1.82, 2.24) is 19.5 Å². The molecule has 0 saturated carbocycles. The zero-order valence-electron chi connectivity index (χ0n) is 18.2. The summed E-state index contributed by atoms with van der Waals surface area (Å²) in [5.74, 6) is 0.602. The summed E-state index contributed by atoms with van der Waals surface area (Å²) < 4.78 is 6.75. The van der Waals surface area contributed by atoms with Crippen LogP contribution in [-0.4, -0.2) is 31.1 Å². The zero-order chi connectivity index (χ0) is 23.0. The van der Waals surface area contributed by atoms with Crippen LogP contribution in [0.5, 0.6) is 0 Å². The quantitative estimate of drug-likeness (QED) is 0.411. The topological polar surface area (TPSA) is 135 Å². The molecule has 0 aliphatic rings. The Bertz CT molecular complexity index is 1390. The van der Waals surface area contributed by atoms with Crippen LogP contribution in [0.25, 0.3) is 22.6 Å². The standard InChI is InChI=1S/C23H23N7O2/c1-12-5-6-16(22-27-15(4)32-29-22)9-18(12)28-23(31)19-10-26-20-8-7-17(11-30(19)20)21(13(2)24)14(3)25/h5-11,24H,25H2,1-4H3,(H,28,31)/b21-14+,24-13?. The number of nitrogens with zero attached hydrogens (tertiary/aromatic N) is 4. The highest BCUT2D eigenvalue weighted by atomic mass is 16.5. The maximum absolute atomic E-state index is 13.1. The SMILES string of the molecule is CC(=N)/C(=C(/C)N)c1ccc2ncc(C(=O)Nc3cc(-c4noc(C)n4)ccc3C)n2c1. The number of aryl methyl sites for hydroxylation is 2. The van der Waals surface area contributed by atoms with Gasteiger partial charge in [0, 0.05) is 46.9 Å². The van der Waals surface area contributed by atoms with Gasteiger partial charge in [-0.25, -0.2) is 4.98 Å². The van der Waals surface area contributed by atoms with Crippen LogP contribution in [0, 0.1) is 19.3 Å². The van der Waals surface area contributed by atoms with Crippen molar-refractivity contribution in [2.45, 2.75) is 27.7 Å². The van der Waals surface area contributed by atoms with Crippen molar-refractivity contribution >= 4 is 28.5 Å². The summed E-state index contributed by atoms with van der Waals surface area (Å²) in [6, 6.07) is 9.20. The summed E-state index contributed by atoms with van der Waals surface area (Å²) >= 11 is 0. The van der Waals surface area contributed by atoms with Gasteiger partial charge in [0.15, 0.2) is 0 Å². The summed E-state index contributed by atoms with van der Waals surface area (Å²) in [7, 11) is 0. The Labute approximate surface area is 184 Å². The van der Waals surface area contributed by atoms with E-state index >= 15 is 0 Å². The molecule has 0 fully saturated rings. The Kier molecular flexibility index (Phi) is 5.31. The molecule has 3 aromatic heterocycles. The second-order valence-electron chi connectivity index (χ2n) is 7.59. The molecule has 1 aromatic carbocycles. The minimum atomic E-state index is -0.319. The lowest BCUT2D eigenvalue weighted by Crippen LogP contribution is -2.15. The van der Waals surface area contributed by atoms with E-state index in [1.54, 1.807) is 37.4 Å². The van der Waals surface area contributed by atoms with Gasteiger partial charge < -0.3 is 21.0 Å². The molecule has 0 bridgehead atoms. The smallest absolute Gasteiger partial charge is 0.274 e. The number of fused-ring (bicyclic) bond motifs is 1. The predicted octanol–water partition coefficient (Wildman–Crippen LogP) is 3.98. The third-order valence-corrected chi connectivity index (χ3v) is 5.07. The summed E-state index contributed by atoms with van der Waals surface area (Å²) in [6.45, 7) is 7.05. The molecule has 0 radical (unpaired) electrons. The van der Waals surface area contributed by atoms with Crippen LogP contribution >= 0.6 is 0 Å². The van der Waals surface area contributed by atoms with Crippen molar-refractivity contribution in [3.63, 3.8) is 0 Å². The van der Waals surface area contributed by atoms with Crippen molar-refractivity contribution in [2.75, 3.05) is 5.32 Å². The van der Waals surface area contributed by atoms with Gasteiger partial charge >= 0.3 is 0 Å². The van der Waals surface area contributed by atoms with Crippen molar-refractivity contribution in [2.24, 2.45) is 5.73 Å². The number of imidazole rings is 1. The van der Waals surface area contributed by atoms with Crippen LogP contribution in [-0.2, 0) is 0 Å². The fourth-order valence-electron chi connectivity index (χ4n) is 3.53. The Morgan fingerprint density at radius 1 is 1.19 bits per heavy atom. The third kappa shape index (κ3) is 3.87. The predicted molar refractivity (Wildman–Crippen MR) is 123 cm³/mol. The molecule has 0 spiro atoms. The lowest BCUT2D eigenvalue weighted by molar-refractivity contribution is 0.102. The fraction of sp³-hybridized carbons (Fsp3) is 0.174. The summed E-state index contributed by atoms with van der Waals surface area (Å²) in [4.78, 5) is 21.7. The van der Waals surface area contributed by atoms with E-state index in [1.165, 1.54) is 6.20 Å². The molecule has 1 amide bonds. The number of carbonyl (C=O) groups excluding carboxylic acids is 1. The first-order chi connectivity index (χ1) is 15.2. The van der Waals surface area contributed by atoms with Gasteiger partial charge in [-0.15, -0.1) is 0 Å². The van der Waals surface area contributed by atoms with Gasteiger partial charge in [-0.05, 0) is 44.5 Å². The van der Waals surface area contributed by atoms with Crippen LogP contribution in [0.4, 0.5) is 5.69 Å². The number of amides is 1. The highest BCUT2D eigenvalue weighted by Gasteiger charge is 2.16. The number of nitrogens with two attached hydrogens (primary N) is 1.